The predicted octanol–water partition coefficient (Wildman–Crippen LogP) is 3.43. The minimum absolute atomic E-state index is 0.0335. The molecule has 0 spiro atoms. The van der Waals surface area contributed by atoms with Gasteiger partial charge in [-0.1, -0.05) is 30.3 Å². The average Bonchev–Trinajstić information content (AvgIpc) is 2.70. The molecule has 27 heavy (non-hydrogen) atoms. The number of hydrogen-bond donors (Lipinski definition) is 1. The number of carbonyl (C=O) groups excluding carboxylic acids is 1. The fraction of sp³-hybridized carbons (Fsp3) is 0.667. The number of aliphatic hydroxyl groups is 1. The van der Waals surface area contributed by atoms with E-state index in [1.165, 1.54) is 0 Å². The van der Waals surface area contributed by atoms with Crippen molar-refractivity contribution in [1.82, 2.24) is 4.90 Å². The molecule has 1 aromatic rings. The van der Waals surface area contributed by atoms with Gasteiger partial charge in [-0.25, -0.2) is 4.79 Å². The van der Waals surface area contributed by atoms with Crippen LogP contribution < -0.4 is 0 Å². The quantitative estimate of drug-likeness (QED) is 0.631. The molecule has 0 heterocycles. The largest absolute Gasteiger partial charge is 0.445 e. The van der Waals surface area contributed by atoms with E-state index < -0.39 is 0 Å². The van der Waals surface area contributed by atoms with Gasteiger partial charge in [0.25, 0.3) is 0 Å². The number of nitrogens with zero attached hydrogens (tertiary/aromatic N) is 1. The highest BCUT2D eigenvalue weighted by molar-refractivity contribution is 5.67. The minimum Gasteiger partial charge on any atom is -0.445 e. The SMILES string of the molecule is CCN(C[C@@H]1CC[C@@H](CCO)C[C@H]1OCOC)C(=O)OCc1ccccc1. The summed E-state index contributed by atoms with van der Waals surface area (Å²) in [5.74, 6) is 0.715. The van der Waals surface area contributed by atoms with Crippen LogP contribution in [0.15, 0.2) is 30.3 Å². The molecule has 1 aliphatic rings. The number of carbonyl (C=O) groups is 1. The summed E-state index contributed by atoms with van der Waals surface area (Å²) < 4.78 is 16.5. The Balaban J connectivity index is 1.90. The van der Waals surface area contributed by atoms with Crippen molar-refractivity contribution in [3.63, 3.8) is 0 Å². The predicted molar refractivity (Wildman–Crippen MR) is 103 cm³/mol. The topological polar surface area (TPSA) is 68.2 Å². The lowest BCUT2D eigenvalue weighted by Crippen LogP contribution is -2.43. The first-order valence-electron chi connectivity index (χ1n) is 9.84. The summed E-state index contributed by atoms with van der Waals surface area (Å²) in [7, 11) is 1.61. The second kappa shape index (κ2) is 12.0. The summed E-state index contributed by atoms with van der Waals surface area (Å²) >= 11 is 0. The molecule has 1 aromatic carbocycles. The maximum absolute atomic E-state index is 12.5. The Morgan fingerprint density at radius 1 is 1.26 bits per heavy atom. The van der Waals surface area contributed by atoms with Crippen molar-refractivity contribution in [2.75, 3.05) is 33.6 Å². The molecule has 1 fully saturated rings. The molecule has 0 aromatic heterocycles. The first kappa shape index (κ1) is 21.7. The van der Waals surface area contributed by atoms with Crippen molar-refractivity contribution in [3.8, 4) is 0 Å². The highest BCUT2D eigenvalue weighted by atomic mass is 16.7. The van der Waals surface area contributed by atoms with Crippen molar-refractivity contribution in [1.29, 1.82) is 0 Å². The van der Waals surface area contributed by atoms with Gasteiger partial charge in [0.2, 0.25) is 0 Å². The number of amides is 1. The van der Waals surface area contributed by atoms with Gasteiger partial charge in [-0.3, -0.25) is 0 Å². The molecule has 6 heteroatoms. The Morgan fingerprint density at radius 2 is 2.04 bits per heavy atom. The summed E-state index contributed by atoms with van der Waals surface area (Å²) in [5, 5.41) is 9.22. The van der Waals surface area contributed by atoms with Crippen molar-refractivity contribution in [2.45, 2.75) is 45.3 Å². The zero-order chi connectivity index (χ0) is 19.5. The zero-order valence-electron chi connectivity index (χ0n) is 16.5. The van der Waals surface area contributed by atoms with Crippen LogP contribution >= 0.6 is 0 Å². The van der Waals surface area contributed by atoms with Gasteiger partial charge in [-0.15, -0.1) is 0 Å². The van der Waals surface area contributed by atoms with Crippen LogP contribution in [0.3, 0.4) is 0 Å². The molecular formula is C21H33NO5. The first-order chi connectivity index (χ1) is 13.2. The van der Waals surface area contributed by atoms with E-state index in [1.807, 2.05) is 37.3 Å². The minimum atomic E-state index is -0.288. The van der Waals surface area contributed by atoms with E-state index in [4.69, 9.17) is 14.2 Å². The molecule has 1 N–H and O–H groups in total. The summed E-state index contributed by atoms with van der Waals surface area (Å²) in [5.41, 5.74) is 0.979. The smallest absolute Gasteiger partial charge is 0.410 e. The molecule has 0 radical (unpaired) electrons. The molecule has 0 unspecified atom stereocenters. The Labute approximate surface area is 162 Å². The maximum atomic E-state index is 12.5. The van der Waals surface area contributed by atoms with Gasteiger partial charge in [-0.2, -0.15) is 0 Å². The Morgan fingerprint density at radius 3 is 2.70 bits per heavy atom. The molecule has 6 nitrogen and oxygen atoms in total. The number of methoxy groups -OCH3 is 1. The Kier molecular flexibility index (Phi) is 9.59. The van der Waals surface area contributed by atoms with E-state index in [1.54, 1.807) is 12.0 Å². The van der Waals surface area contributed by atoms with Crippen molar-refractivity contribution >= 4 is 6.09 Å². The lowest BCUT2D eigenvalue weighted by atomic mass is 9.78. The summed E-state index contributed by atoms with van der Waals surface area (Å²) in [4.78, 5) is 14.3. The van der Waals surface area contributed by atoms with Crippen molar-refractivity contribution in [3.05, 3.63) is 35.9 Å². The number of benzene rings is 1. The lowest BCUT2D eigenvalue weighted by molar-refractivity contribution is -0.113. The molecule has 0 aliphatic heterocycles. The molecule has 1 saturated carbocycles. The second-order valence-corrected chi connectivity index (χ2v) is 7.14. The van der Waals surface area contributed by atoms with Crippen molar-refractivity contribution < 1.29 is 24.1 Å². The van der Waals surface area contributed by atoms with Gasteiger partial charge in [0, 0.05) is 32.7 Å². The van der Waals surface area contributed by atoms with Crippen LogP contribution in [0.1, 0.15) is 38.2 Å². The van der Waals surface area contributed by atoms with Crippen LogP contribution in [-0.2, 0) is 20.8 Å². The van der Waals surface area contributed by atoms with Crippen LogP contribution in [0.2, 0.25) is 0 Å². The third-order valence-corrected chi connectivity index (χ3v) is 5.27. The Hall–Kier alpha value is -1.63. The van der Waals surface area contributed by atoms with Gasteiger partial charge >= 0.3 is 6.09 Å². The van der Waals surface area contributed by atoms with Gasteiger partial charge in [0.1, 0.15) is 13.4 Å². The average molecular weight is 379 g/mol. The van der Waals surface area contributed by atoms with Crippen LogP contribution in [0, 0.1) is 11.8 Å². The Bertz CT molecular complexity index is 539. The standard InChI is InChI=1S/C21H33NO5/c1-3-22(21(24)26-15-18-7-5-4-6-8-18)14-19-10-9-17(11-12-23)13-20(19)27-16-25-2/h4-8,17,19-20,23H,3,9-16H2,1-2H3/t17-,19-,20+/m0/s1. The number of hydrogen-bond acceptors (Lipinski definition) is 5. The summed E-state index contributed by atoms with van der Waals surface area (Å²) in [6.45, 7) is 3.91. The highest BCUT2D eigenvalue weighted by Gasteiger charge is 2.33. The summed E-state index contributed by atoms with van der Waals surface area (Å²) in [6.07, 6.45) is 3.47. The molecule has 0 bridgehead atoms. The van der Waals surface area contributed by atoms with E-state index >= 15 is 0 Å². The van der Waals surface area contributed by atoms with Gasteiger partial charge in [0.15, 0.2) is 0 Å². The molecule has 152 valence electrons. The van der Waals surface area contributed by atoms with E-state index in [0.717, 1.165) is 31.2 Å². The second-order valence-electron chi connectivity index (χ2n) is 7.14. The third-order valence-electron chi connectivity index (χ3n) is 5.27. The van der Waals surface area contributed by atoms with Crippen LogP contribution in [-0.4, -0.2) is 55.8 Å². The molecule has 0 saturated heterocycles. The monoisotopic (exact) mass is 379 g/mol. The van der Waals surface area contributed by atoms with Crippen LogP contribution in [0.5, 0.6) is 0 Å². The summed E-state index contributed by atoms with van der Waals surface area (Å²) in [6, 6.07) is 9.70. The van der Waals surface area contributed by atoms with Crippen LogP contribution in [0.25, 0.3) is 0 Å². The number of ether oxygens (including phenoxy) is 3. The molecule has 2 rings (SSSR count). The number of rotatable bonds is 10. The van der Waals surface area contributed by atoms with E-state index in [0.29, 0.717) is 19.0 Å². The third kappa shape index (κ3) is 7.13. The number of aliphatic hydroxyl groups excluding tert-OH is 1. The van der Waals surface area contributed by atoms with E-state index in [-0.39, 0.29) is 38.1 Å². The highest BCUT2D eigenvalue weighted by Crippen LogP contribution is 2.33. The molecular weight excluding hydrogens is 346 g/mol. The van der Waals surface area contributed by atoms with Crippen molar-refractivity contribution in [2.24, 2.45) is 11.8 Å². The van der Waals surface area contributed by atoms with E-state index in [9.17, 15) is 9.90 Å². The molecule has 1 aliphatic carbocycles. The fourth-order valence-corrected chi connectivity index (χ4v) is 3.71. The van der Waals surface area contributed by atoms with Gasteiger partial charge < -0.3 is 24.2 Å². The van der Waals surface area contributed by atoms with Crippen LogP contribution in [0.4, 0.5) is 4.79 Å². The first-order valence-corrected chi connectivity index (χ1v) is 9.84. The van der Waals surface area contributed by atoms with E-state index in [2.05, 4.69) is 0 Å². The molecule has 1 amide bonds. The van der Waals surface area contributed by atoms with Gasteiger partial charge in [0.05, 0.1) is 6.10 Å². The van der Waals surface area contributed by atoms with Gasteiger partial charge in [-0.05, 0) is 44.1 Å². The zero-order valence-corrected chi connectivity index (χ0v) is 16.5. The maximum Gasteiger partial charge on any atom is 0.410 e. The molecule has 3 atom stereocenters. The normalized spacial score (nSPS) is 22.4. The fourth-order valence-electron chi connectivity index (χ4n) is 3.71. The lowest BCUT2D eigenvalue weighted by Gasteiger charge is -2.38.